The van der Waals surface area contributed by atoms with Gasteiger partial charge in [0.2, 0.25) is 5.91 Å². The van der Waals surface area contributed by atoms with Crippen LogP contribution in [0.2, 0.25) is 0 Å². The molecule has 0 saturated carbocycles. The molecule has 10 heteroatoms. The summed E-state index contributed by atoms with van der Waals surface area (Å²) in [6.07, 6.45) is 3.52. The van der Waals surface area contributed by atoms with Gasteiger partial charge in [-0.1, -0.05) is 0 Å². The number of nitrogens with one attached hydrogen (secondary N) is 1. The van der Waals surface area contributed by atoms with Crippen LogP contribution in [0.5, 0.6) is 0 Å². The van der Waals surface area contributed by atoms with E-state index in [4.69, 9.17) is 0 Å². The van der Waals surface area contributed by atoms with Crippen LogP contribution in [-0.4, -0.2) is 97.4 Å². The van der Waals surface area contributed by atoms with Crippen LogP contribution in [0.3, 0.4) is 0 Å². The lowest BCUT2D eigenvalue weighted by molar-refractivity contribution is -0.117. The Morgan fingerprint density at radius 3 is 2.58 bits per heavy atom. The van der Waals surface area contributed by atoms with E-state index in [1.165, 1.54) is 17.8 Å². The molecule has 1 aromatic heterocycles. The third-order valence-corrected chi connectivity index (χ3v) is 9.58. The number of piperidine rings is 1. The van der Waals surface area contributed by atoms with Gasteiger partial charge in [-0.25, -0.2) is 0 Å². The highest BCUT2D eigenvalue weighted by Crippen LogP contribution is 2.28. The summed E-state index contributed by atoms with van der Waals surface area (Å²) in [7, 11) is 2.16. The van der Waals surface area contributed by atoms with E-state index in [-0.39, 0.29) is 36.2 Å². The molecule has 1 N–H and O–H groups in total. The average Bonchev–Trinajstić information content (AvgIpc) is 3.50. The number of likely N-dealkylation sites (N-methyl/N-ethyl adjacent to an activating group) is 1. The molecule has 5 rings (SSSR count). The Kier molecular flexibility index (Phi) is 8.52. The lowest BCUT2D eigenvalue weighted by Gasteiger charge is -2.41. The van der Waals surface area contributed by atoms with E-state index in [0.717, 1.165) is 67.1 Å². The maximum Gasteiger partial charge on any atom is 0.261 e. The lowest BCUT2D eigenvalue weighted by atomic mass is 9.98. The van der Waals surface area contributed by atoms with E-state index >= 15 is 0 Å². The van der Waals surface area contributed by atoms with Crippen LogP contribution in [-0.2, 0) is 4.79 Å². The van der Waals surface area contributed by atoms with Gasteiger partial charge in [-0.05, 0) is 85.1 Å². The smallest absolute Gasteiger partial charge is 0.261 e. The van der Waals surface area contributed by atoms with Gasteiger partial charge in [-0.15, -0.1) is 11.3 Å². The van der Waals surface area contributed by atoms with E-state index in [1.807, 2.05) is 31.2 Å². The zero-order chi connectivity index (χ0) is 26.8. The summed E-state index contributed by atoms with van der Waals surface area (Å²) >= 11 is 4.75. The van der Waals surface area contributed by atoms with Crippen molar-refractivity contribution in [3.05, 3.63) is 50.1 Å². The molecule has 8 nitrogen and oxygen atoms in total. The van der Waals surface area contributed by atoms with Crippen molar-refractivity contribution in [2.45, 2.75) is 44.7 Å². The van der Waals surface area contributed by atoms with Gasteiger partial charge in [0.05, 0.1) is 14.7 Å². The van der Waals surface area contributed by atoms with Gasteiger partial charge in [0, 0.05) is 69.5 Å². The standard InChI is InChI=1S/C28H36BrN5O3S/c1-19-15-21(34-17-20(16-26(34)35)30-27(36)24-8-9-25(29)38-24)6-7-23(19)28(37)33-10-4-3-5-22(33)18-32-13-11-31(2)12-14-32/h6-9,15,20,22H,3-5,10-14,16-18H2,1-2H3,(H,30,36). The second-order valence-corrected chi connectivity index (χ2v) is 13.2. The molecule has 1 aromatic carbocycles. The summed E-state index contributed by atoms with van der Waals surface area (Å²) in [6.45, 7) is 8.37. The van der Waals surface area contributed by atoms with Crippen LogP contribution in [0.15, 0.2) is 34.1 Å². The number of hydrogen-bond donors (Lipinski definition) is 1. The Bertz CT molecular complexity index is 1190. The number of rotatable bonds is 6. The number of amides is 3. The molecule has 3 saturated heterocycles. The largest absolute Gasteiger partial charge is 0.346 e. The number of benzene rings is 1. The number of carbonyl (C=O) groups excluding carboxylic acids is 3. The van der Waals surface area contributed by atoms with Gasteiger partial charge in [0.15, 0.2) is 0 Å². The van der Waals surface area contributed by atoms with Gasteiger partial charge >= 0.3 is 0 Å². The molecule has 3 fully saturated rings. The monoisotopic (exact) mass is 601 g/mol. The fourth-order valence-electron chi connectivity index (χ4n) is 5.74. The molecular formula is C28H36BrN5O3S. The number of likely N-dealkylation sites (tertiary alicyclic amines) is 1. The summed E-state index contributed by atoms with van der Waals surface area (Å²) in [6, 6.07) is 9.29. The summed E-state index contributed by atoms with van der Waals surface area (Å²) in [5, 5.41) is 2.99. The van der Waals surface area contributed by atoms with Gasteiger partial charge in [-0.2, -0.15) is 0 Å². The Labute approximate surface area is 237 Å². The number of aryl methyl sites for hydroxylation is 1. The molecule has 3 aliphatic heterocycles. The van der Waals surface area contributed by atoms with Gasteiger partial charge in [-0.3, -0.25) is 19.3 Å². The van der Waals surface area contributed by atoms with Gasteiger partial charge < -0.3 is 20.0 Å². The number of nitrogens with zero attached hydrogens (tertiary/aromatic N) is 4. The minimum Gasteiger partial charge on any atom is -0.346 e. The summed E-state index contributed by atoms with van der Waals surface area (Å²) in [4.78, 5) is 48.3. The second kappa shape index (κ2) is 11.9. The normalized spacial score (nSPS) is 23.2. The zero-order valence-electron chi connectivity index (χ0n) is 22.1. The quantitative estimate of drug-likeness (QED) is 0.547. The second-order valence-electron chi connectivity index (χ2n) is 10.7. The Morgan fingerprint density at radius 1 is 1.08 bits per heavy atom. The van der Waals surface area contributed by atoms with Crippen molar-refractivity contribution in [1.82, 2.24) is 20.0 Å². The molecule has 2 atom stereocenters. The molecule has 0 spiro atoms. The SMILES string of the molecule is Cc1cc(N2CC(NC(=O)c3ccc(Br)s3)CC2=O)ccc1C(=O)N1CCCCC1CN1CCN(C)CC1. The summed E-state index contributed by atoms with van der Waals surface area (Å²) in [5.74, 6) is -0.0950. The minimum atomic E-state index is -0.249. The number of piperazine rings is 1. The summed E-state index contributed by atoms with van der Waals surface area (Å²) in [5.41, 5.74) is 2.35. The predicted molar refractivity (Wildman–Crippen MR) is 154 cm³/mol. The molecule has 38 heavy (non-hydrogen) atoms. The Morgan fingerprint density at radius 2 is 1.87 bits per heavy atom. The number of thiophene rings is 1. The molecule has 3 aliphatic rings. The third-order valence-electron chi connectivity index (χ3n) is 7.96. The zero-order valence-corrected chi connectivity index (χ0v) is 24.5. The fraction of sp³-hybridized carbons (Fsp3) is 0.536. The molecule has 0 bridgehead atoms. The van der Waals surface area contributed by atoms with Gasteiger partial charge in [0.1, 0.15) is 0 Å². The Hall–Kier alpha value is -2.27. The van der Waals surface area contributed by atoms with Gasteiger partial charge in [0.25, 0.3) is 11.8 Å². The Balaban J connectivity index is 1.24. The number of anilines is 1. The van der Waals surface area contributed by atoms with Crippen molar-refractivity contribution < 1.29 is 14.4 Å². The van der Waals surface area contributed by atoms with Crippen LogP contribution < -0.4 is 10.2 Å². The summed E-state index contributed by atoms with van der Waals surface area (Å²) < 4.78 is 0.895. The van der Waals surface area contributed by atoms with Crippen LogP contribution in [0.1, 0.15) is 51.3 Å². The molecule has 0 radical (unpaired) electrons. The maximum atomic E-state index is 13.7. The number of halogens is 1. The first-order chi connectivity index (χ1) is 18.3. The number of hydrogen-bond acceptors (Lipinski definition) is 6. The molecule has 4 heterocycles. The topological polar surface area (TPSA) is 76.2 Å². The number of carbonyl (C=O) groups is 3. The van der Waals surface area contributed by atoms with E-state index in [0.29, 0.717) is 17.0 Å². The van der Waals surface area contributed by atoms with Crippen molar-refractivity contribution in [3.63, 3.8) is 0 Å². The molecule has 2 unspecified atom stereocenters. The third kappa shape index (κ3) is 6.14. The first-order valence-corrected chi connectivity index (χ1v) is 15.1. The van der Waals surface area contributed by atoms with Crippen molar-refractivity contribution in [2.24, 2.45) is 0 Å². The molecule has 0 aliphatic carbocycles. The van der Waals surface area contributed by atoms with E-state index in [9.17, 15) is 14.4 Å². The van der Waals surface area contributed by atoms with Crippen molar-refractivity contribution in [3.8, 4) is 0 Å². The van der Waals surface area contributed by atoms with Crippen LogP contribution in [0.25, 0.3) is 0 Å². The fourth-order valence-corrected chi connectivity index (χ4v) is 7.03. The van der Waals surface area contributed by atoms with E-state index in [1.54, 1.807) is 11.0 Å². The average molecular weight is 603 g/mol. The molecule has 3 amide bonds. The molecule has 2 aromatic rings. The highest BCUT2D eigenvalue weighted by atomic mass is 79.9. The minimum absolute atomic E-state index is 0.0237. The van der Waals surface area contributed by atoms with Crippen LogP contribution in [0, 0.1) is 6.92 Å². The van der Waals surface area contributed by atoms with Crippen molar-refractivity contribution in [1.29, 1.82) is 0 Å². The molecular weight excluding hydrogens is 566 g/mol. The predicted octanol–water partition coefficient (Wildman–Crippen LogP) is 3.60. The van der Waals surface area contributed by atoms with Crippen molar-refractivity contribution >= 4 is 50.7 Å². The highest BCUT2D eigenvalue weighted by Gasteiger charge is 2.34. The maximum absolute atomic E-state index is 13.7. The molecule has 204 valence electrons. The van der Waals surface area contributed by atoms with Crippen LogP contribution in [0.4, 0.5) is 5.69 Å². The van der Waals surface area contributed by atoms with Crippen molar-refractivity contribution in [2.75, 3.05) is 57.8 Å². The first kappa shape index (κ1) is 27.3. The highest BCUT2D eigenvalue weighted by molar-refractivity contribution is 9.11. The van der Waals surface area contributed by atoms with E-state index in [2.05, 4.69) is 43.0 Å². The van der Waals surface area contributed by atoms with E-state index < -0.39 is 0 Å². The van der Waals surface area contributed by atoms with Crippen LogP contribution >= 0.6 is 27.3 Å². The lowest BCUT2D eigenvalue weighted by Crippen LogP contribution is -2.53. The first-order valence-electron chi connectivity index (χ1n) is 13.5.